The molecule has 2 aromatic carbocycles. The Hall–Kier alpha value is -2.81. The maximum atomic E-state index is 11.8. The topological polar surface area (TPSA) is 89.3 Å². The van der Waals surface area contributed by atoms with Gasteiger partial charge in [-0.3, -0.25) is 0 Å². The Kier molecular flexibility index (Phi) is 10.6. The van der Waals surface area contributed by atoms with Crippen molar-refractivity contribution in [2.75, 3.05) is 62.4 Å². The van der Waals surface area contributed by atoms with Gasteiger partial charge in [0.25, 0.3) is 0 Å². The lowest BCUT2D eigenvalue weighted by atomic mass is 10.1. The van der Waals surface area contributed by atoms with Gasteiger partial charge in [0.15, 0.2) is 0 Å². The molecule has 2 heterocycles. The van der Waals surface area contributed by atoms with E-state index in [9.17, 15) is 4.79 Å². The van der Waals surface area contributed by atoms with Crippen molar-refractivity contribution in [3.63, 3.8) is 0 Å². The van der Waals surface area contributed by atoms with Gasteiger partial charge in [-0.05, 0) is 70.0 Å². The van der Waals surface area contributed by atoms with Crippen LogP contribution in [0.25, 0.3) is 0 Å². The molecule has 0 radical (unpaired) electrons. The minimum atomic E-state index is -0.482. The van der Waals surface area contributed by atoms with Crippen LogP contribution in [0.5, 0.6) is 0 Å². The first-order valence-electron chi connectivity index (χ1n) is 13.2. The Morgan fingerprint density at radius 1 is 0.811 bits per heavy atom. The van der Waals surface area contributed by atoms with E-state index in [1.807, 2.05) is 46.8 Å². The van der Waals surface area contributed by atoms with Crippen molar-refractivity contribution in [2.45, 2.75) is 52.3 Å². The maximum Gasteiger partial charge on any atom is 0.408 e. The van der Waals surface area contributed by atoms with E-state index < -0.39 is 11.7 Å². The standard InChI is InChI=1S/C17H26N2O3.C12H18N2O/c1-13(18-16(20)22-17(2,3)4)14-5-7-15(8-6-14)19-9-11-21-12-10-19;1-10(13)11-2-4-12(5-3-11)14-6-8-15-9-7-14/h5-8,13H,9-12H2,1-4H3,(H,18,20);2-5,10H,6-9,13H2,1H3/t13-;10-/m00/s1. The summed E-state index contributed by atoms with van der Waals surface area (Å²) in [7, 11) is 0. The molecule has 0 saturated carbocycles. The first kappa shape index (κ1) is 28.8. The molecule has 0 unspecified atom stereocenters. The van der Waals surface area contributed by atoms with Crippen LogP contribution in [0.4, 0.5) is 16.2 Å². The highest BCUT2D eigenvalue weighted by atomic mass is 16.6. The number of nitrogens with two attached hydrogens (primary N) is 1. The first-order chi connectivity index (χ1) is 17.6. The summed E-state index contributed by atoms with van der Waals surface area (Å²) < 4.78 is 16.0. The molecule has 2 saturated heterocycles. The van der Waals surface area contributed by atoms with Crippen LogP contribution in [0.3, 0.4) is 0 Å². The van der Waals surface area contributed by atoms with E-state index in [1.165, 1.54) is 16.9 Å². The second kappa shape index (κ2) is 13.7. The van der Waals surface area contributed by atoms with Gasteiger partial charge in [-0.1, -0.05) is 24.3 Å². The van der Waals surface area contributed by atoms with Crippen molar-refractivity contribution in [1.82, 2.24) is 5.32 Å². The third-order valence-electron chi connectivity index (χ3n) is 6.30. The second-order valence-corrected chi connectivity index (χ2v) is 10.5. The van der Waals surface area contributed by atoms with Gasteiger partial charge in [-0.25, -0.2) is 4.79 Å². The summed E-state index contributed by atoms with van der Waals surface area (Å²) in [5.41, 5.74) is 10.0. The molecule has 2 aromatic rings. The first-order valence-corrected chi connectivity index (χ1v) is 13.2. The van der Waals surface area contributed by atoms with E-state index in [-0.39, 0.29) is 12.1 Å². The normalized spacial score (nSPS) is 17.8. The Bertz CT molecular complexity index is 945. The van der Waals surface area contributed by atoms with E-state index in [1.54, 1.807) is 0 Å². The Labute approximate surface area is 222 Å². The zero-order valence-electron chi connectivity index (χ0n) is 23.0. The fraction of sp³-hybridized carbons (Fsp3) is 0.552. The number of benzene rings is 2. The highest BCUT2D eigenvalue weighted by Crippen LogP contribution is 2.21. The van der Waals surface area contributed by atoms with Crippen LogP contribution < -0.4 is 20.9 Å². The molecular formula is C29H44N4O4. The van der Waals surface area contributed by atoms with Crippen LogP contribution in [0, 0.1) is 0 Å². The van der Waals surface area contributed by atoms with E-state index in [0.29, 0.717) is 0 Å². The molecule has 204 valence electrons. The van der Waals surface area contributed by atoms with Crippen molar-refractivity contribution in [1.29, 1.82) is 0 Å². The molecule has 0 aliphatic carbocycles. The number of hydrogen-bond acceptors (Lipinski definition) is 7. The number of hydrogen-bond donors (Lipinski definition) is 2. The zero-order valence-corrected chi connectivity index (χ0v) is 23.0. The van der Waals surface area contributed by atoms with Gasteiger partial charge < -0.3 is 35.1 Å². The molecule has 2 aliphatic rings. The largest absolute Gasteiger partial charge is 0.444 e. The molecule has 0 aromatic heterocycles. The predicted octanol–water partition coefficient (Wildman–Crippen LogP) is 4.65. The van der Waals surface area contributed by atoms with Crippen LogP contribution in [-0.4, -0.2) is 64.3 Å². The summed E-state index contributed by atoms with van der Waals surface area (Å²) in [6.07, 6.45) is -0.391. The summed E-state index contributed by atoms with van der Waals surface area (Å²) >= 11 is 0. The molecular weight excluding hydrogens is 468 g/mol. The molecule has 0 bridgehead atoms. The van der Waals surface area contributed by atoms with Crippen LogP contribution in [0.2, 0.25) is 0 Å². The van der Waals surface area contributed by atoms with Crippen LogP contribution in [0.15, 0.2) is 48.5 Å². The van der Waals surface area contributed by atoms with Gasteiger partial charge in [0, 0.05) is 43.6 Å². The number of anilines is 2. The van der Waals surface area contributed by atoms with Gasteiger partial charge in [-0.15, -0.1) is 0 Å². The summed E-state index contributed by atoms with van der Waals surface area (Å²) in [4.78, 5) is 16.4. The molecule has 2 fully saturated rings. The van der Waals surface area contributed by atoms with Gasteiger partial charge in [0.05, 0.1) is 32.5 Å². The molecule has 2 aliphatic heterocycles. The molecule has 2 atom stereocenters. The number of nitrogens with one attached hydrogen (secondary N) is 1. The quantitative estimate of drug-likeness (QED) is 0.603. The Balaban J connectivity index is 0.000000220. The summed E-state index contributed by atoms with van der Waals surface area (Å²) in [5.74, 6) is 0. The fourth-order valence-electron chi connectivity index (χ4n) is 4.17. The zero-order chi connectivity index (χ0) is 26.8. The number of morpholine rings is 2. The number of carbonyl (C=O) groups is 1. The highest BCUT2D eigenvalue weighted by molar-refractivity contribution is 5.68. The monoisotopic (exact) mass is 512 g/mol. The van der Waals surface area contributed by atoms with E-state index in [4.69, 9.17) is 19.9 Å². The van der Waals surface area contributed by atoms with Crippen LogP contribution in [0.1, 0.15) is 57.8 Å². The third-order valence-corrected chi connectivity index (χ3v) is 6.30. The molecule has 8 heteroatoms. The van der Waals surface area contributed by atoms with Gasteiger partial charge in [0.1, 0.15) is 5.60 Å². The lowest BCUT2D eigenvalue weighted by Gasteiger charge is -2.29. The Morgan fingerprint density at radius 3 is 1.59 bits per heavy atom. The highest BCUT2D eigenvalue weighted by Gasteiger charge is 2.19. The molecule has 4 rings (SSSR count). The minimum Gasteiger partial charge on any atom is -0.444 e. The minimum absolute atomic E-state index is 0.0893. The lowest BCUT2D eigenvalue weighted by molar-refractivity contribution is 0.0508. The molecule has 37 heavy (non-hydrogen) atoms. The lowest BCUT2D eigenvalue weighted by Crippen LogP contribution is -2.36. The third kappa shape index (κ3) is 9.54. The molecule has 8 nitrogen and oxygen atoms in total. The number of ether oxygens (including phenoxy) is 3. The summed E-state index contributed by atoms with van der Waals surface area (Å²) in [6, 6.07) is 16.8. The van der Waals surface area contributed by atoms with Gasteiger partial charge in [-0.2, -0.15) is 0 Å². The van der Waals surface area contributed by atoms with E-state index in [0.717, 1.165) is 58.2 Å². The number of amides is 1. The Morgan fingerprint density at radius 2 is 1.22 bits per heavy atom. The maximum absolute atomic E-state index is 11.8. The smallest absolute Gasteiger partial charge is 0.408 e. The van der Waals surface area contributed by atoms with Crippen LogP contribution in [-0.2, 0) is 14.2 Å². The number of carbonyl (C=O) groups excluding carboxylic acids is 1. The summed E-state index contributed by atoms with van der Waals surface area (Å²) in [5, 5.41) is 2.86. The van der Waals surface area contributed by atoms with Crippen molar-refractivity contribution in [3.8, 4) is 0 Å². The molecule has 1 amide bonds. The van der Waals surface area contributed by atoms with Crippen LogP contribution >= 0.6 is 0 Å². The van der Waals surface area contributed by atoms with Crippen molar-refractivity contribution >= 4 is 17.5 Å². The van der Waals surface area contributed by atoms with Crippen molar-refractivity contribution in [2.24, 2.45) is 5.73 Å². The van der Waals surface area contributed by atoms with Crippen molar-refractivity contribution < 1.29 is 19.0 Å². The predicted molar refractivity (Wildman–Crippen MR) is 149 cm³/mol. The second-order valence-electron chi connectivity index (χ2n) is 10.5. The molecule has 0 spiro atoms. The number of nitrogens with zero attached hydrogens (tertiary/aromatic N) is 2. The van der Waals surface area contributed by atoms with E-state index in [2.05, 4.69) is 51.5 Å². The van der Waals surface area contributed by atoms with Gasteiger partial charge >= 0.3 is 6.09 Å². The van der Waals surface area contributed by atoms with Crippen molar-refractivity contribution in [3.05, 3.63) is 59.7 Å². The summed E-state index contributed by atoms with van der Waals surface area (Å²) in [6.45, 7) is 16.5. The average molecular weight is 513 g/mol. The number of rotatable bonds is 5. The number of alkyl carbamates (subject to hydrolysis) is 1. The molecule has 3 N–H and O–H groups in total. The fourth-order valence-corrected chi connectivity index (χ4v) is 4.17. The van der Waals surface area contributed by atoms with E-state index >= 15 is 0 Å². The van der Waals surface area contributed by atoms with Gasteiger partial charge in [0.2, 0.25) is 0 Å². The average Bonchev–Trinajstić information content (AvgIpc) is 2.89. The SMILES string of the molecule is C[C@H](N)c1ccc(N2CCOCC2)cc1.C[C@H](NC(=O)OC(C)(C)C)c1ccc(N2CCOCC2)cc1.